The van der Waals surface area contributed by atoms with Crippen LogP contribution in [0.2, 0.25) is 0 Å². The highest BCUT2D eigenvalue weighted by Gasteiger charge is 2.31. The third kappa shape index (κ3) is 6.17. The summed E-state index contributed by atoms with van der Waals surface area (Å²) in [6.07, 6.45) is -3.63. The Balaban J connectivity index is 3.84. The quantitative estimate of drug-likeness (QED) is 0.698. The maximum Gasteiger partial charge on any atom is 0.411 e. The van der Waals surface area contributed by atoms with E-state index in [0.29, 0.717) is 6.42 Å². The molecule has 0 aliphatic heterocycles. The van der Waals surface area contributed by atoms with Gasteiger partial charge in [-0.25, -0.2) is 0 Å². The van der Waals surface area contributed by atoms with Gasteiger partial charge in [-0.3, -0.25) is 0 Å². The van der Waals surface area contributed by atoms with Crippen LogP contribution in [0.15, 0.2) is 0 Å². The van der Waals surface area contributed by atoms with E-state index in [4.69, 9.17) is 5.11 Å². The van der Waals surface area contributed by atoms with Crippen molar-refractivity contribution < 1.29 is 28.1 Å². The highest BCUT2D eigenvalue weighted by atomic mass is 19.4. The molecule has 6 heteroatoms. The molecule has 0 aromatic carbocycles. The maximum absolute atomic E-state index is 11.7. The van der Waals surface area contributed by atoms with Gasteiger partial charge in [-0.1, -0.05) is 13.3 Å². The monoisotopic (exact) mass is 216 g/mol. The normalized spacial score (nSPS) is 16.7. The molecule has 0 aromatic rings. The smallest absolute Gasteiger partial charge is 0.393 e. The van der Waals surface area contributed by atoms with Crippen molar-refractivity contribution in [2.75, 3.05) is 19.8 Å². The minimum absolute atomic E-state index is 0.210. The molecule has 0 spiro atoms. The van der Waals surface area contributed by atoms with Gasteiger partial charge in [-0.2, -0.15) is 13.2 Å². The third-order valence-corrected chi connectivity index (χ3v) is 1.65. The van der Waals surface area contributed by atoms with Crippen molar-refractivity contribution in [3.05, 3.63) is 0 Å². The first kappa shape index (κ1) is 13.7. The van der Waals surface area contributed by atoms with Crippen LogP contribution in [0, 0.1) is 0 Å². The van der Waals surface area contributed by atoms with Crippen LogP contribution in [0.3, 0.4) is 0 Å². The van der Waals surface area contributed by atoms with Crippen LogP contribution in [0.5, 0.6) is 0 Å². The summed E-state index contributed by atoms with van der Waals surface area (Å²) in [5.74, 6) is 0. The first-order valence-corrected chi connectivity index (χ1v) is 4.31. The number of hydrogen-bond donors (Lipinski definition) is 2. The average Bonchev–Trinajstić information content (AvgIpc) is 2.02. The Kier molecular flexibility index (Phi) is 5.40. The molecule has 3 nitrogen and oxygen atoms in total. The Hall–Kier alpha value is -0.330. The molecule has 0 saturated carbocycles. The number of aliphatic hydroxyl groups is 2. The van der Waals surface area contributed by atoms with Gasteiger partial charge in [0.05, 0.1) is 13.2 Å². The van der Waals surface area contributed by atoms with Crippen molar-refractivity contribution in [3.8, 4) is 0 Å². The molecule has 0 saturated heterocycles. The SMILES string of the molecule is CCCC(O)(CO)COCC(F)(F)F. The van der Waals surface area contributed by atoms with Gasteiger partial charge >= 0.3 is 6.18 Å². The van der Waals surface area contributed by atoms with E-state index >= 15 is 0 Å². The first-order valence-electron chi connectivity index (χ1n) is 4.31. The van der Waals surface area contributed by atoms with Gasteiger partial charge < -0.3 is 14.9 Å². The number of ether oxygens (including phenoxy) is 1. The van der Waals surface area contributed by atoms with Crippen molar-refractivity contribution in [1.29, 1.82) is 0 Å². The molecule has 0 amide bonds. The zero-order chi connectivity index (χ0) is 11.2. The van der Waals surface area contributed by atoms with E-state index in [-0.39, 0.29) is 6.42 Å². The van der Waals surface area contributed by atoms with Gasteiger partial charge in [-0.15, -0.1) is 0 Å². The topological polar surface area (TPSA) is 49.7 Å². The van der Waals surface area contributed by atoms with E-state index < -0.39 is 31.6 Å². The van der Waals surface area contributed by atoms with Crippen molar-refractivity contribution in [1.82, 2.24) is 0 Å². The van der Waals surface area contributed by atoms with Crippen molar-refractivity contribution in [2.45, 2.75) is 31.5 Å². The summed E-state index contributed by atoms with van der Waals surface area (Å²) < 4.78 is 39.2. The highest BCUT2D eigenvalue weighted by Crippen LogP contribution is 2.17. The molecule has 1 atom stereocenters. The molecule has 1 unspecified atom stereocenters. The van der Waals surface area contributed by atoms with Crippen molar-refractivity contribution in [2.24, 2.45) is 0 Å². The van der Waals surface area contributed by atoms with Crippen molar-refractivity contribution >= 4 is 0 Å². The third-order valence-electron chi connectivity index (χ3n) is 1.65. The van der Waals surface area contributed by atoms with E-state index in [9.17, 15) is 18.3 Å². The van der Waals surface area contributed by atoms with Crippen LogP contribution >= 0.6 is 0 Å². The molecule has 0 heterocycles. The molecule has 86 valence electrons. The van der Waals surface area contributed by atoms with E-state index in [2.05, 4.69) is 4.74 Å². The summed E-state index contributed by atoms with van der Waals surface area (Å²) in [7, 11) is 0. The summed E-state index contributed by atoms with van der Waals surface area (Å²) in [5.41, 5.74) is -1.56. The Morgan fingerprint density at radius 1 is 1.21 bits per heavy atom. The van der Waals surface area contributed by atoms with Gasteiger partial charge in [0, 0.05) is 0 Å². The van der Waals surface area contributed by atoms with Gasteiger partial charge in [-0.05, 0) is 6.42 Å². The van der Waals surface area contributed by atoms with Crippen LogP contribution in [-0.4, -0.2) is 41.8 Å². The predicted octanol–water partition coefficient (Wildman–Crippen LogP) is 1.09. The number of halogens is 3. The molecule has 0 aromatic heterocycles. The summed E-state index contributed by atoms with van der Waals surface area (Å²) in [4.78, 5) is 0. The standard InChI is InChI=1S/C8H15F3O3/c1-2-3-7(13,4-12)5-14-6-8(9,10)11/h12-13H,2-6H2,1H3. The van der Waals surface area contributed by atoms with Gasteiger partial charge in [0.25, 0.3) is 0 Å². The van der Waals surface area contributed by atoms with Crippen LogP contribution < -0.4 is 0 Å². The first-order chi connectivity index (χ1) is 6.33. The van der Waals surface area contributed by atoms with Crippen LogP contribution in [-0.2, 0) is 4.74 Å². The molecule has 14 heavy (non-hydrogen) atoms. The Bertz CT molecular complexity index is 160. The van der Waals surface area contributed by atoms with E-state index in [1.165, 1.54) is 0 Å². The van der Waals surface area contributed by atoms with Crippen LogP contribution in [0.4, 0.5) is 13.2 Å². The Labute approximate surface area is 80.5 Å². The fraction of sp³-hybridized carbons (Fsp3) is 1.00. The van der Waals surface area contributed by atoms with Crippen LogP contribution in [0.25, 0.3) is 0 Å². The molecular weight excluding hydrogens is 201 g/mol. The minimum Gasteiger partial charge on any atom is -0.393 e. The molecule has 0 radical (unpaired) electrons. The second-order valence-corrected chi connectivity index (χ2v) is 3.24. The summed E-state index contributed by atoms with van der Waals surface area (Å²) in [6, 6.07) is 0. The van der Waals surface area contributed by atoms with Gasteiger partial charge in [0.1, 0.15) is 12.2 Å². The Morgan fingerprint density at radius 3 is 2.14 bits per heavy atom. The lowest BCUT2D eigenvalue weighted by Crippen LogP contribution is -2.39. The molecule has 0 aliphatic rings. The lowest BCUT2D eigenvalue weighted by Gasteiger charge is -2.25. The molecule has 0 fully saturated rings. The predicted molar refractivity (Wildman–Crippen MR) is 43.8 cm³/mol. The molecule has 0 rings (SSSR count). The maximum atomic E-state index is 11.7. The average molecular weight is 216 g/mol. The second kappa shape index (κ2) is 5.53. The van der Waals surface area contributed by atoms with Gasteiger partial charge in [0.2, 0.25) is 0 Å². The highest BCUT2D eigenvalue weighted by molar-refractivity contribution is 4.76. The fourth-order valence-electron chi connectivity index (χ4n) is 1.02. The lowest BCUT2D eigenvalue weighted by molar-refractivity contribution is -0.190. The number of rotatable bonds is 6. The van der Waals surface area contributed by atoms with Crippen molar-refractivity contribution in [3.63, 3.8) is 0 Å². The summed E-state index contributed by atoms with van der Waals surface area (Å²) >= 11 is 0. The molecule has 0 aliphatic carbocycles. The second-order valence-electron chi connectivity index (χ2n) is 3.24. The number of hydrogen-bond acceptors (Lipinski definition) is 3. The summed E-state index contributed by atoms with van der Waals surface area (Å²) in [6.45, 7) is -0.751. The van der Waals surface area contributed by atoms with E-state index in [0.717, 1.165) is 0 Å². The zero-order valence-corrected chi connectivity index (χ0v) is 7.97. The Morgan fingerprint density at radius 2 is 1.79 bits per heavy atom. The molecule has 0 bridgehead atoms. The fourth-order valence-corrected chi connectivity index (χ4v) is 1.02. The summed E-state index contributed by atoms with van der Waals surface area (Å²) in [5, 5.41) is 18.2. The van der Waals surface area contributed by atoms with Crippen LogP contribution in [0.1, 0.15) is 19.8 Å². The zero-order valence-electron chi connectivity index (χ0n) is 7.97. The van der Waals surface area contributed by atoms with E-state index in [1.807, 2.05) is 0 Å². The molecule has 2 N–H and O–H groups in total. The minimum atomic E-state index is -4.40. The molecular formula is C8H15F3O3. The van der Waals surface area contributed by atoms with E-state index in [1.54, 1.807) is 6.92 Å². The largest absolute Gasteiger partial charge is 0.411 e. The number of aliphatic hydroxyl groups excluding tert-OH is 1. The lowest BCUT2D eigenvalue weighted by atomic mass is 10.0. The van der Waals surface area contributed by atoms with Gasteiger partial charge in [0.15, 0.2) is 0 Å². The number of alkyl halides is 3.